The highest BCUT2D eigenvalue weighted by Gasteiger charge is 2.22. The van der Waals surface area contributed by atoms with Crippen LogP contribution in [0.15, 0.2) is 30.3 Å². The molecule has 0 atom stereocenters. The number of hydrogen-bond acceptors (Lipinski definition) is 5. The topological polar surface area (TPSA) is 74.0 Å². The van der Waals surface area contributed by atoms with Gasteiger partial charge in [-0.05, 0) is 64.3 Å². The number of aryl methyl sites for hydroxylation is 2. The van der Waals surface area contributed by atoms with Gasteiger partial charge in [-0.25, -0.2) is 4.68 Å². The summed E-state index contributed by atoms with van der Waals surface area (Å²) in [4.78, 5) is 16.0. The molecule has 2 heterocycles. The third kappa shape index (κ3) is 4.41. The molecule has 1 amide bonds. The van der Waals surface area contributed by atoms with E-state index < -0.39 is 0 Å². The number of thiophene rings is 1. The zero-order chi connectivity index (χ0) is 22.0. The van der Waals surface area contributed by atoms with Crippen LogP contribution in [-0.4, -0.2) is 34.2 Å². The molecule has 4 rings (SSSR count). The molecule has 3 aromatic rings. The number of anilines is 1. The van der Waals surface area contributed by atoms with Gasteiger partial charge in [-0.1, -0.05) is 18.2 Å². The van der Waals surface area contributed by atoms with Crippen molar-refractivity contribution in [3.8, 4) is 11.8 Å². The summed E-state index contributed by atoms with van der Waals surface area (Å²) in [6.45, 7) is 4.95. The van der Waals surface area contributed by atoms with Crippen LogP contribution < -0.4 is 5.32 Å². The molecule has 0 spiro atoms. The van der Waals surface area contributed by atoms with E-state index in [0.717, 1.165) is 53.9 Å². The molecule has 0 fully saturated rings. The van der Waals surface area contributed by atoms with E-state index >= 15 is 0 Å². The lowest BCUT2D eigenvalue weighted by Crippen LogP contribution is -2.30. The van der Waals surface area contributed by atoms with Crippen molar-refractivity contribution in [1.82, 2.24) is 14.7 Å². The highest BCUT2D eigenvalue weighted by Crippen LogP contribution is 2.37. The van der Waals surface area contributed by atoms with E-state index in [1.807, 2.05) is 53.9 Å². The summed E-state index contributed by atoms with van der Waals surface area (Å²) >= 11 is 1.57. The van der Waals surface area contributed by atoms with Crippen LogP contribution in [0.5, 0.6) is 0 Å². The number of likely N-dealkylation sites (N-methyl/N-ethyl adjacent to an activating group) is 1. The van der Waals surface area contributed by atoms with Crippen LogP contribution >= 0.6 is 11.3 Å². The molecule has 1 aliphatic rings. The summed E-state index contributed by atoms with van der Waals surface area (Å²) in [5, 5.41) is 18.0. The van der Waals surface area contributed by atoms with Crippen LogP contribution in [0.3, 0.4) is 0 Å². The minimum Gasteiger partial charge on any atom is -0.315 e. The molecule has 160 valence electrons. The van der Waals surface area contributed by atoms with Gasteiger partial charge in [-0.2, -0.15) is 10.4 Å². The minimum atomic E-state index is -0.0941. The number of nitrogens with zero attached hydrogens (tertiary/aromatic N) is 4. The van der Waals surface area contributed by atoms with Gasteiger partial charge >= 0.3 is 0 Å². The lowest BCUT2D eigenvalue weighted by atomic mass is 9.96. The van der Waals surface area contributed by atoms with Gasteiger partial charge < -0.3 is 5.32 Å². The summed E-state index contributed by atoms with van der Waals surface area (Å²) in [6.07, 6.45) is 4.22. The van der Waals surface area contributed by atoms with E-state index in [1.54, 1.807) is 11.3 Å². The first-order valence-corrected chi connectivity index (χ1v) is 11.4. The number of hydrogen-bond donors (Lipinski definition) is 1. The highest BCUT2D eigenvalue weighted by molar-refractivity contribution is 7.16. The Morgan fingerprint density at radius 1 is 1.26 bits per heavy atom. The Kier molecular flexibility index (Phi) is 6.21. The quantitative estimate of drug-likeness (QED) is 0.626. The van der Waals surface area contributed by atoms with E-state index in [4.69, 9.17) is 5.10 Å². The predicted octanol–water partition coefficient (Wildman–Crippen LogP) is 4.37. The molecule has 0 saturated carbocycles. The molecule has 2 aromatic heterocycles. The maximum atomic E-state index is 12.7. The number of aromatic nitrogens is 2. The van der Waals surface area contributed by atoms with Crippen molar-refractivity contribution in [2.45, 2.75) is 46.1 Å². The van der Waals surface area contributed by atoms with Crippen molar-refractivity contribution in [2.24, 2.45) is 0 Å². The molecule has 0 saturated heterocycles. The summed E-state index contributed by atoms with van der Waals surface area (Å²) in [7, 11) is 1.93. The molecular formula is C24H27N5OS. The average Bonchev–Trinajstić information content (AvgIpc) is 3.25. The highest BCUT2D eigenvalue weighted by atomic mass is 32.1. The minimum absolute atomic E-state index is 0.0941. The van der Waals surface area contributed by atoms with Crippen LogP contribution in [0.1, 0.15) is 45.8 Å². The summed E-state index contributed by atoms with van der Waals surface area (Å²) < 4.78 is 1.95. The number of rotatable bonds is 6. The molecular weight excluding hydrogens is 406 g/mol. The number of carbonyl (C=O) groups excluding carboxylic acids is 1. The Morgan fingerprint density at radius 2 is 2.00 bits per heavy atom. The van der Waals surface area contributed by atoms with Gasteiger partial charge in [0.25, 0.3) is 0 Å². The zero-order valence-corrected chi connectivity index (χ0v) is 19.1. The van der Waals surface area contributed by atoms with Gasteiger partial charge in [-0.3, -0.25) is 9.69 Å². The summed E-state index contributed by atoms with van der Waals surface area (Å²) in [5.41, 5.74) is 6.00. The standard InChI is InChI=1S/C24H27N5OS/c1-16-21(17(2)29(27-16)18-9-5-4-6-10-18)14-28(3)15-23(30)26-24-20(13-25)19-11-7-8-12-22(19)31-24/h4-6,9-10H,7-8,11-12,14-15H2,1-3H3,(H,26,30). The predicted molar refractivity (Wildman–Crippen MR) is 124 cm³/mol. The second kappa shape index (κ2) is 9.04. The number of nitrogens with one attached hydrogen (secondary N) is 1. The van der Waals surface area contributed by atoms with Gasteiger partial charge in [0.2, 0.25) is 5.91 Å². The normalized spacial score (nSPS) is 13.1. The second-order valence-electron chi connectivity index (χ2n) is 8.14. The Bertz CT molecular complexity index is 1140. The Balaban J connectivity index is 1.44. The molecule has 7 heteroatoms. The van der Waals surface area contributed by atoms with E-state index in [9.17, 15) is 10.1 Å². The van der Waals surface area contributed by atoms with Crippen LogP contribution in [-0.2, 0) is 24.2 Å². The van der Waals surface area contributed by atoms with Crippen molar-refractivity contribution in [3.63, 3.8) is 0 Å². The maximum Gasteiger partial charge on any atom is 0.239 e. The van der Waals surface area contributed by atoms with Gasteiger partial charge in [0.15, 0.2) is 0 Å². The Hall–Kier alpha value is -2.95. The fourth-order valence-corrected chi connectivity index (χ4v) is 5.49. The Labute approximate surface area is 187 Å². The lowest BCUT2D eigenvalue weighted by Gasteiger charge is -2.16. The molecule has 0 bridgehead atoms. The first-order chi connectivity index (χ1) is 15.0. The number of fused-ring (bicyclic) bond motifs is 1. The van der Waals surface area contributed by atoms with Gasteiger partial charge in [0.1, 0.15) is 11.1 Å². The number of benzene rings is 1. The fourth-order valence-electron chi connectivity index (χ4n) is 4.23. The van der Waals surface area contributed by atoms with Gasteiger partial charge in [0.05, 0.1) is 23.5 Å². The molecule has 6 nitrogen and oxygen atoms in total. The van der Waals surface area contributed by atoms with E-state index in [0.29, 0.717) is 17.1 Å². The fraction of sp³-hybridized carbons (Fsp3) is 0.375. The molecule has 31 heavy (non-hydrogen) atoms. The maximum absolute atomic E-state index is 12.7. The van der Waals surface area contributed by atoms with Gasteiger partial charge in [0, 0.05) is 22.7 Å². The smallest absolute Gasteiger partial charge is 0.239 e. The van der Waals surface area contributed by atoms with Crippen LogP contribution in [0, 0.1) is 25.2 Å². The van der Waals surface area contributed by atoms with Crippen molar-refractivity contribution in [1.29, 1.82) is 5.26 Å². The molecule has 1 aliphatic carbocycles. The third-order valence-electron chi connectivity index (χ3n) is 5.82. The van der Waals surface area contributed by atoms with Crippen LogP contribution in [0.25, 0.3) is 5.69 Å². The van der Waals surface area contributed by atoms with Gasteiger partial charge in [-0.15, -0.1) is 11.3 Å². The number of para-hydroxylation sites is 1. The SMILES string of the molecule is Cc1nn(-c2ccccc2)c(C)c1CN(C)CC(=O)Nc1sc2c(c1C#N)CCCC2. The zero-order valence-electron chi connectivity index (χ0n) is 18.2. The third-order valence-corrected chi connectivity index (χ3v) is 7.03. The van der Waals surface area contributed by atoms with Crippen molar-refractivity contribution in [2.75, 3.05) is 18.9 Å². The number of carbonyl (C=O) groups is 1. The number of amides is 1. The molecule has 0 unspecified atom stereocenters. The lowest BCUT2D eigenvalue weighted by molar-refractivity contribution is -0.117. The van der Waals surface area contributed by atoms with E-state index in [-0.39, 0.29) is 12.5 Å². The molecule has 1 aromatic carbocycles. The van der Waals surface area contributed by atoms with Crippen LogP contribution in [0.2, 0.25) is 0 Å². The molecule has 0 aliphatic heterocycles. The molecule has 1 N–H and O–H groups in total. The average molecular weight is 434 g/mol. The number of nitriles is 1. The largest absolute Gasteiger partial charge is 0.315 e. The second-order valence-corrected chi connectivity index (χ2v) is 9.25. The van der Waals surface area contributed by atoms with Crippen molar-refractivity contribution >= 4 is 22.2 Å². The van der Waals surface area contributed by atoms with Crippen LogP contribution in [0.4, 0.5) is 5.00 Å². The van der Waals surface area contributed by atoms with E-state index in [2.05, 4.69) is 18.3 Å². The Morgan fingerprint density at radius 3 is 2.74 bits per heavy atom. The van der Waals surface area contributed by atoms with Crippen molar-refractivity contribution in [3.05, 3.63) is 63.3 Å². The molecule has 0 radical (unpaired) electrons. The van der Waals surface area contributed by atoms with Crippen molar-refractivity contribution < 1.29 is 4.79 Å². The first-order valence-electron chi connectivity index (χ1n) is 10.6. The van der Waals surface area contributed by atoms with E-state index in [1.165, 1.54) is 4.88 Å². The summed E-state index contributed by atoms with van der Waals surface area (Å²) in [6, 6.07) is 12.4. The first kappa shape index (κ1) is 21.3. The monoisotopic (exact) mass is 433 g/mol. The summed E-state index contributed by atoms with van der Waals surface area (Å²) in [5.74, 6) is -0.0941.